The molecule has 3 aromatic rings. The quantitative estimate of drug-likeness (QED) is 0.454. The van der Waals surface area contributed by atoms with E-state index in [1.807, 2.05) is 30.3 Å². The lowest BCUT2D eigenvalue weighted by Gasteiger charge is -2.17. The Bertz CT molecular complexity index is 1070. The standard InChI is InChI=1S/C18H16F3N7O2/c1-10(11(2)29-9-18(19,20)21)15-23-14(27-30-15)13-24-16(22)26-17(25-13)28(3)12-7-5-4-6-8-12/h4-8H,1-2,9H2,3H3,(H2,22,24,25,26). The van der Waals surface area contributed by atoms with Crippen molar-refractivity contribution in [3.8, 4) is 11.6 Å². The van der Waals surface area contributed by atoms with Crippen molar-refractivity contribution in [2.75, 3.05) is 24.3 Å². The first-order chi connectivity index (χ1) is 14.1. The Morgan fingerprint density at radius 2 is 1.80 bits per heavy atom. The Hall–Kier alpha value is -3.96. The minimum Gasteiger partial charge on any atom is -0.484 e. The van der Waals surface area contributed by atoms with Crippen molar-refractivity contribution in [2.24, 2.45) is 0 Å². The first-order valence-corrected chi connectivity index (χ1v) is 8.36. The number of ether oxygens (including phenoxy) is 1. The highest BCUT2D eigenvalue weighted by atomic mass is 19.4. The minimum atomic E-state index is -4.52. The van der Waals surface area contributed by atoms with E-state index in [0.29, 0.717) is 0 Å². The maximum Gasteiger partial charge on any atom is 0.422 e. The second-order valence-electron chi connectivity index (χ2n) is 5.94. The Labute approximate surface area is 168 Å². The zero-order valence-electron chi connectivity index (χ0n) is 15.7. The van der Waals surface area contributed by atoms with Crippen molar-refractivity contribution in [3.05, 3.63) is 55.1 Å². The molecule has 0 aliphatic carbocycles. The number of hydrogen-bond acceptors (Lipinski definition) is 9. The Balaban J connectivity index is 1.82. The van der Waals surface area contributed by atoms with E-state index in [1.165, 1.54) is 0 Å². The van der Waals surface area contributed by atoms with Gasteiger partial charge in [0.25, 0.3) is 5.89 Å². The predicted octanol–water partition coefficient (Wildman–Crippen LogP) is 3.38. The molecule has 0 amide bonds. The maximum atomic E-state index is 12.3. The molecule has 0 bridgehead atoms. The number of nitrogens with two attached hydrogens (primary N) is 1. The van der Waals surface area contributed by atoms with Crippen LogP contribution in [-0.2, 0) is 4.74 Å². The van der Waals surface area contributed by atoms with E-state index in [9.17, 15) is 13.2 Å². The van der Waals surface area contributed by atoms with Crippen molar-refractivity contribution in [3.63, 3.8) is 0 Å². The van der Waals surface area contributed by atoms with Crippen molar-refractivity contribution >= 4 is 23.2 Å². The normalized spacial score (nSPS) is 11.2. The molecule has 0 aliphatic heterocycles. The van der Waals surface area contributed by atoms with Gasteiger partial charge in [0, 0.05) is 12.7 Å². The van der Waals surface area contributed by atoms with Crippen LogP contribution in [0.2, 0.25) is 0 Å². The first-order valence-electron chi connectivity index (χ1n) is 8.36. The van der Waals surface area contributed by atoms with E-state index in [4.69, 9.17) is 10.3 Å². The van der Waals surface area contributed by atoms with Gasteiger partial charge < -0.3 is 19.9 Å². The number of aromatic nitrogens is 5. The van der Waals surface area contributed by atoms with Crippen LogP contribution in [0, 0.1) is 0 Å². The number of allylic oxidation sites excluding steroid dienone is 1. The lowest BCUT2D eigenvalue weighted by atomic mass is 10.2. The van der Waals surface area contributed by atoms with Crippen LogP contribution in [0.5, 0.6) is 0 Å². The second-order valence-corrected chi connectivity index (χ2v) is 5.94. The topological polar surface area (TPSA) is 116 Å². The number of benzene rings is 1. The zero-order valence-corrected chi connectivity index (χ0v) is 15.7. The summed E-state index contributed by atoms with van der Waals surface area (Å²) in [6.07, 6.45) is -4.52. The lowest BCUT2D eigenvalue weighted by Crippen LogP contribution is -2.16. The smallest absolute Gasteiger partial charge is 0.422 e. The molecule has 0 fully saturated rings. The van der Waals surface area contributed by atoms with Crippen LogP contribution >= 0.6 is 0 Å². The van der Waals surface area contributed by atoms with Crippen LogP contribution in [-0.4, -0.2) is 44.9 Å². The number of nitrogens with zero attached hydrogens (tertiary/aromatic N) is 6. The van der Waals surface area contributed by atoms with Crippen LogP contribution in [0.15, 0.2) is 53.8 Å². The average molecular weight is 419 g/mol. The van der Waals surface area contributed by atoms with E-state index in [-0.39, 0.29) is 40.8 Å². The van der Waals surface area contributed by atoms with Gasteiger partial charge in [0.2, 0.25) is 23.5 Å². The highest BCUT2D eigenvalue weighted by Crippen LogP contribution is 2.26. The fourth-order valence-corrected chi connectivity index (χ4v) is 2.21. The van der Waals surface area contributed by atoms with Gasteiger partial charge in [-0.25, -0.2) is 0 Å². The lowest BCUT2D eigenvalue weighted by molar-refractivity contribution is -0.163. The van der Waals surface area contributed by atoms with Gasteiger partial charge in [0.15, 0.2) is 6.61 Å². The summed E-state index contributed by atoms with van der Waals surface area (Å²) in [5.74, 6) is -0.472. The molecule has 2 N–H and O–H groups in total. The zero-order chi connectivity index (χ0) is 21.9. The van der Waals surface area contributed by atoms with Gasteiger partial charge >= 0.3 is 6.18 Å². The number of para-hydroxylation sites is 1. The Kier molecular flexibility index (Phi) is 5.67. The summed E-state index contributed by atoms with van der Waals surface area (Å²) in [7, 11) is 1.74. The van der Waals surface area contributed by atoms with Crippen LogP contribution in [0.1, 0.15) is 5.89 Å². The molecule has 0 saturated carbocycles. The molecular formula is C18H16F3N7O2. The average Bonchev–Trinajstić information content (AvgIpc) is 3.21. The SMILES string of the molecule is C=C(OCC(F)(F)F)C(=C)c1nc(-c2nc(N)nc(N(C)c3ccccc3)n2)no1. The van der Waals surface area contributed by atoms with Gasteiger partial charge in [-0.1, -0.05) is 36.5 Å². The number of hydrogen-bond donors (Lipinski definition) is 1. The third kappa shape index (κ3) is 4.90. The molecule has 0 atom stereocenters. The molecule has 30 heavy (non-hydrogen) atoms. The fourth-order valence-electron chi connectivity index (χ4n) is 2.21. The maximum absolute atomic E-state index is 12.3. The molecule has 2 heterocycles. The van der Waals surface area contributed by atoms with Crippen LogP contribution < -0.4 is 10.6 Å². The van der Waals surface area contributed by atoms with E-state index in [0.717, 1.165) is 5.69 Å². The highest BCUT2D eigenvalue weighted by molar-refractivity contribution is 5.70. The summed E-state index contributed by atoms with van der Waals surface area (Å²) in [5, 5.41) is 3.72. The van der Waals surface area contributed by atoms with Crippen LogP contribution in [0.4, 0.5) is 30.8 Å². The molecule has 0 radical (unpaired) electrons. The molecule has 12 heteroatoms. The summed E-state index contributed by atoms with van der Waals surface area (Å²) in [6.45, 7) is 5.42. The summed E-state index contributed by atoms with van der Waals surface area (Å²) < 4.78 is 46.4. The van der Waals surface area contributed by atoms with Gasteiger partial charge in [-0.3, -0.25) is 0 Å². The molecule has 9 nitrogen and oxygen atoms in total. The van der Waals surface area contributed by atoms with Crippen molar-refractivity contribution in [1.82, 2.24) is 25.1 Å². The van der Waals surface area contributed by atoms with Crippen molar-refractivity contribution < 1.29 is 22.4 Å². The number of nitrogen functional groups attached to an aromatic ring is 1. The van der Waals surface area contributed by atoms with Gasteiger partial charge in [0.1, 0.15) is 5.76 Å². The van der Waals surface area contributed by atoms with Crippen molar-refractivity contribution in [1.29, 1.82) is 0 Å². The van der Waals surface area contributed by atoms with Gasteiger partial charge in [-0.15, -0.1) is 0 Å². The number of rotatable bonds is 7. The largest absolute Gasteiger partial charge is 0.484 e. The van der Waals surface area contributed by atoms with Crippen molar-refractivity contribution in [2.45, 2.75) is 6.18 Å². The summed E-state index contributed by atoms with van der Waals surface area (Å²) in [4.78, 5) is 18.1. The third-order valence-electron chi connectivity index (χ3n) is 3.72. The molecule has 0 saturated heterocycles. The molecular weight excluding hydrogens is 403 g/mol. The fraction of sp³-hybridized carbons (Fsp3) is 0.167. The summed E-state index contributed by atoms with van der Waals surface area (Å²) in [6, 6.07) is 9.26. The Morgan fingerprint density at radius 3 is 2.47 bits per heavy atom. The molecule has 1 aromatic carbocycles. The molecule has 0 aliphatic rings. The predicted molar refractivity (Wildman–Crippen MR) is 102 cm³/mol. The van der Waals surface area contributed by atoms with Crippen LogP contribution in [0.3, 0.4) is 0 Å². The van der Waals surface area contributed by atoms with Gasteiger partial charge in [-0.05, 0) is 12.1 Å². The number of alkyl halides is 3. The monoisotopic (exact) mass is 419 g/mol. The first kappa shape index (κ1) is 20.8. The van der Waals surface area contributed by atoms with Crippen LogP contribution in [0.25, 0.3) is 17.2 Å². The van der Waals surface area contributed by atoms with E-state index < -0.39 is 12.8 Å². The van der Waals surface area contributed by atoms with E-state index in [1.54, 1.807) is 11.9 Å². The molecule has 156 valence electrons. The van der Waals surface area contributed by atoms with E-state index in [2.05, 4.69) is 43.0 Å². The van der Waals surface area contributed by atoms with Gasteiger partial charge in [-0.2, -0.15) is 33.1 Å². The molecule has 3 rings (SSSR count). The third-order valence-corrected chi connectivity index (χ3v) is 3.72. The summed E-state index contributed by atoms with van der Waals surface area (Å²) >= 11 is 0. The number of halogens is 3. The minimum absolute atomic E-state index is 0.00454. The van der Waals surface area contributed by atoms with E-state index >= 15 is 0 Å². The highest BCUT2D eigenvalue weighted by Gasteiger charge is 2.29. The number of anilines is 3. The second kappa shape index (κ2) is 8.19. The van der Waals surface area contributed by atoms with Gasteiger partial charge in [0.05, 0.1) is 5.57 Å². The summed E-state index contributed by atoms with van der Waals surface area (Å²) in [5.41, 5.74) is 6.47. The molecule has 0 spiro atoms. The Morgan fingerprint density at radius 1 is 1.10 bits per heavy atom. The molecule has 2 aromatic heterocycles. The molecule has 0 unspecified atom stereocenters.